The molecule has 0 aliphatic heterocycles. The van der Waals surface area contributed by atoms with Gasteiger partial charge in [-0.3, -0.25) is 4.79 Å². The van der Waals surface area contributed by atoms with Crippen molar-refractivity contribution in [1.82, 2.24) is 4.98 Å². The Bertz CT molecular complexity index is 443. The first-order valence-electron chi connectivity index (χ1n) is 7.45. The summed E-state index contributed by atoms with van der Waals surface area (Å²) in [6, 6.07) is 4.39. The Kier molecular flexibility index (Phi) is 5.21. The second-order valence-electron chi connectivity index (χ2n) is 5.36. The summed E-state index contributed by atoms with van der Waals surface area (Å²) >= 11 is 0. The van der Waals surface area contributed by atoms with Gasteiger partial charge in [0.15, 0.2) is 0 Å². The normalized spacial score (nSPS) is 15.2. The molecule has 1 aromatic heterocycles. The molecule has 5 heteroatoms. The molecule has 110 valence electrons. The molecule has 0 aromatic carbocycles. The van der Waals surface area contributed by atoms with E-state index in [2.05, 4.69) is 22.1 Å². The number of hydrogen-bond donors (Lipinski definition) is 2. The molecule has 1 heterocycles. The van der Waals surface area contributed by atoms with Crippen molar-refractivity contribution in [2.24, 2.45) is 5.73 Å². The molecule has 1 aromatic rings. The highest BCUT2D eigenvalue weighted by atomic mass is 16.1. The van der Waals surface area contributed by atoms with Gasteiger partial charge in [0.1, 0.15) is 5.82 Å². The number of amides is 1. The van der Waals surface area contributed by atoms with Crippen LogP contribution in [0.5, 0.6) is 0 Å². The second-order valence-corrected chi connectivity index (χ2v) is 5.36. The molecule has 1 saturated carbocycles. The first-order valence-corrected chi connectivity index (χ1v) is 7.45. The van der Waals surface area contributed by atoms with Gasteiger partial charge in [0.25, 0.3) is 0 Å². The summed E-state index contributed by atoms with van der Waals surface area (Å²) in [5.74, 6) is 0.577. The van der Waals surface area contributed by atoms with Crippen LogP contribution in [0.3, 0.4) is 0 Å². The fourth-order valence-corrected chi connectivity index (χ4v) is 2.76. The number of carbonyl (C=O) groups is 1. The summed E-state index contributed by atoms with van der Waals surface area (Å²) in [6.07, 6.45) is 7.56. The lowest BCUT2D eigenvalue weighted by molar-refractivity contribution is -0.116. The molecule has 3 N–H and O–H groups in total. The van der Waals surface area contributed by atoms with Crippen molar-refractivity contribution in [3.63, 3.8) is 0 Å². The molecular formula is C15H24N4O. The molecule has 0 spiro atoms. The minimum atomic E-state index is -0.281. The number of nitrogens with two attached hydrogens (primary N) is 1. The quantitative estimate of drug-likeness (QED) is 0.800. The Morgan fingerprint density at radius 3 is 2.90 bits per heavy atom. The summed E-state index contributed by atoms with van der Waals surface area (Å²) in [7, 11) is 0. The van der Waals surface area contributed by atoms with Crippen LogP contribution in [-0.4, -0.2) is 30.0 Å². The van der Waals surface area contributed by atoms with Crippen LogP contribution in [0.25, 0.3) is 0 Å². The third-order valence-electron chi connectivity index (χ3n) is 3.72. The predicted octanol–water partition coefficient (Wildman–Crippen LogP) is 2.14. The van der Waals surface area contributed by atoms with Crippen LogP contribution >= 0.6 is 0 Å². The number of nitrogens with one attached hydrogen (secondary N) is 1. The number of nitrogens with zero attached hydrogens (tertiary/aromatic N) is 2. The number of anilines is 2. The van der Waals surface area contributed by atoms with Crippen LogP contribution in [0.1, 0.15) is 39.0 Å². The maximum Gasteiger partial charge on any atom is 0.236 e. The topological polar surface area (TPSA) is 71.2 Å². The van der Waals surface area contributed by atoms with E-state index in [-0.39, 0.29) is 12.5 Å². The molecule has 5 nitrogen and oxygen atoms in total. The summed E-state index contributed by atoms with van der Waals surface area (Å²) in [5, 5.41) is 3.28. The predicted molar refractivity (Wildman–Crippen MR) is 81.8 cm³/mol. The monoisotopic (exact) mass is 276 g/mol. The van der Waals surface area contributed by atoms with Gasteiger partial charge < -0.3 is 16.0 Å². The SMILES string of the molecule is CCCNc1cc(N(CC(N)=O)C2CCCC2)ccn1. The largest absolute Gasteiger partial charge is 0.370 e. The maximum absolute atomic E-state index is 11.3. The van der Waals surface area contributed by atoms with E-state index >= 15 is 0 Å². The Balaban J connectivity index is 2.16. The zero-order valence-corrected chi connectivity index (χ0v) is 12.1. The van der Waals surface area contributed by atoms with E-state index in [0.717, 1.165) is 37.3 Å². The van der Waals surface area contributed by atoms with Gasteiger partial charge in [-0.2, -0.15) is 0 Å². The highest BCUT2D eigenvalue weighted by Crippen LogP contribution is 2.28. The van der Waals surface area contributed by atoms with Crippen LogP contribution < -0.4 is 16.0 Å². The van der Waals surface area contributed by atoms with Gasteiger partial charge in [-0.1, -0.05) is 19.8 Å². The van der Waals surface area contributed by atoms with Gasteiger partial charge in [0, 0.05) is 30.5 Å². The second kappa shape index (κ2) is 7.12. The third kappa shape index (κ3) is 3.85. The molecule has 0 bridgehead atoms. The molecule has 2 rings (SSSR count). The Labute approximate surface area is 120 Å². The van der Waals surface area contributed by atoms with Gasteiger partial charge in [0.2, 0.25) is 5.91 Å². The molecular weight excluding hydrogens is 252 g/mol. The van der Waals surface area contributed by atoms with E-state index in [1.165, 1.54) is 12.8 Å². The Hall–Kier alpha value is -1.78. The fourth-order valence-electron chi connectivity index (χ4n) is 2.76. The van der Waals surface area contributed by atoms with Crippen molar-refractivity contribution < 1.29 is 4.79 Å². The van der Waals surface area contributed by atoms with Crippen molar-refractivity contribution in [2.45, 2.75) is 45.1 Å². The summed E-state index contributed by atoms with van der Waals surface area (Å²) in [5.41, 5.74) is 6.44. The van der Waals surface area contributed by atoms with Crippen LogP contribution in [0, 0.1) is 0 Å². The van der Waals surface area contributed by atoms with Crippen molar-refractivity contribution in [3.05, 3.63) is 18.3 Å². The average Bonchev–Trinajstić information content (AvgIpc) is 2.96. The molecule has 1 amide bonds. The van der Waals surface area contributed by atoms with E-state index in [9.17, 15) is 4.79 Å². The van der Waals surface area contributed by atoms with Crippen molar-refractivity contribution in [2.75, 3.05) is 23.3 Å². The first-order chi connectivity index (χ1) is 9.70. The number of primary amides is 1. The van der Waals surface area contributed by atoms with Crippen LogP contribution in [-0.2, 0) is 4.79 Å². The molecule has 0 radical (unpaired) electrons. The van der Waals surface area contributed by atoms with E-state index in [4.69, 9.17) is 5.73 Å². The lowest BCUT2D eigenvalue weighted by Crippen LogP contribution is -2.40. The van der Waals surface area contributed by atoms with Gasteiger partial charge in [-0.25, -0.2) is 4.98 Å². The van der Waals surface area contributed by atoms with E-state index in [0.29, 0.717) is 6.04 Å². The standard InChI is InChI=1S/C15H24N4O/c1-2-8-17-15-10-13(7-9-18-15)19(11-14(16)20)12-5-3-4-6-12/h7,9-10,12H,2-6,8,11H2,1H3,(H2,16,20)(H,17,18). The molecule has 0 atom stereocenters. The summed E-state index contributed by atoms with van der Waals surface area (Å²) < 4.78 is 0. The molecule has 1 aliphatic rings. The molecule has 1 aliphatic carbocycles. The number of pyridine rings is 1. The lowest BCUT2D eigenvalue weighted by Gasteiger charge is -2.30. The Morgan fingerprint density at radius 2 is 2.25 bits per heavy atom. The maximum atomic E-state index is 11.3. The highest BCUT2D eigenvalue weighted by Gasteiger charge is 2.24. The van der Waals surface area contributed by atoms with Crippen molar-refractivity contribution in [1.29, 1.82) is 0 Å². The van der Waals surface area contributed by atoms with E-state index < -0.39 is 0 Å². The summed E-state index contributed by atoms with van der Waals surface area (Å²) in [6.45, 7) is 3.30. The highest BCUT2D eigenvalue weighted by molar-refractivity contribution is 5.80. The average molecular weight is 276 g/mol. The lowest BCUT2D eigenvalue weighted by atomic mass is 10.2. The fraction of sp³-hybridized carbons (Fsp3) is 0.600. The van der Waals surface area contributed by atoms with Gasteiger partial charge >= 0.3 is 0 Å². The van der Waals surface area contributed by atoms with Crippen LogP contribution in [0.15, 0.2) is 18.3 Å². The van der Waals surface area contributed by atoms with Crippen LogP contribution in [0.2, 0.25) is 0 Å². The first kappa shape index (κ1) is 14.6. The smallest absolute Gasteiger partial charge is 0.236 e. The van der Waals surface area contributed by atoms with Crippen LogP contribution in [0.4, 0.5) is 11.5 Å². The number of hydrogen-bond acceptors (Lipinski definition) is 4. The van der Waals surface area contributed by atoms with Gasteiger partial charge in [-0.05, 0) is 25.3 Å². The zero-order valence-electron chi connectivity index (χ0n) is 12.1. The van der Waals surface area contributed by atoms with Gasteiger partial charge in [-0.15, -0.1) is 0 Å². The molecule has 0 saturated heterocycles. The van der Waals surface area contributed by atoms with Crippen molar-refractivity contribution >= 4 is 17.4 Å². The van der Waals surface area contributed by atoms with E-state index in [1.807, 2.05) is 12.1 Å². The molecule has 1 fully saturated rings. The minimum Gasteiger partial charge on any atom is -0.370 e. The zero-order chi connectivity index (χ0) is 14.4. The molecule has 0 unspecified atom stereocenters. The van der Waals surface area contributed by atoms with Crippen molar-refractivity contribution in [3.8, 4) is 0 Å². The molecule has 20 heavy (non-hydrogen) atoms. The van der Waals surface area contributed by atoms with Gasteiger partial charge in [0.05, 0.1) is 6.54 Å². The minimum absolute atomic E-state index is 0.280. The third-order valence-corrected chi connectivity index (χ3v) is 3.72. The number of carbonyl (C=O) groups excluding carboxylic acids is 1. The Morgan fingerprint density at radius 1 is 1.50 bits per heavy atom. The number of aromatic nitrogens is 1. The number of rotatable bonds is 7. The van der Waals surface area contributed by atoms with E-state index in [1.54, 1.807) is 6.20 Å². The summed E-state index contributed by atoms with van der Waals surface area (Å²) in [4.78, 5) is 17.8.